The predicted molar refractivity (Wildman–Crippen MR) is 62.6 cm³/mol. The molecule has 0 aliphatic heterocycles. The van der Waals surface area contributed by atoms with E-state index in [-0.39, 0.29) is 10.7 Å². The summed E-state index contributed by atoms with van der Waals surface area (Å²) in [6.07, 6.45) is 0. The number of amides is 1. The highest BCUT2D eigenvalue weighted by molar-refractivity contribution is 9.10. The Hall–Kier alpha value is -0.950. The first-order chi connectivity index (χ1) is 7.08. The quantitative estimate of drug-likeness (QED) is 0.858. The monoisotopic (exact) mass is 288 g/mol. The molecule has 2 rings (SSSR count). The lowest BCUT2D eigenvalue weighted by Gasteiger charge is -2.00. The van der Waals surface area contributed by atoms with Gasteiger partial charge in [-0.25, -0.2) is 4.52 Å². The number of nitrogens with zero attached hydrogens (tertiary/aromatic N) is 3. The third kappa shape index (κ3) is 2.03. The summed E-state index contributed by atoms with van der Waals surface area (Å²) in [6.45, 7) is 3.69. The summed E-state index contributed by atoms with van der Waals surface area (Å²) >= 11 is 4.67. The van der Waals surface area contributed by atoms with Crippen LogP contribution in [0.4, 0.5) is 5.95 Å². The maximum absolute atomic E-state index is 11.4. The van der Waals surface area contributed by atoms with Crippen molar-refractivity contribution in [1.82, 2.24) is 14.6 Å². The fraction of sp³-hybridized carbons (Fsp3) is 0.375. The van der Waals surface area contributed by atoms with E-state index in [9.17, 15) is 4.79 Å². The molecule has 1 N–H and O–H groups in total. The Morgan fingerprint density at radius 3 is 3.07 bits per heavy atom. The predicted octanol–water partition coefficient (Wildman–Crippen LogP) is 1.82. The zero-order valence-electron chi connectivity index (χ0n) is 8.19. The third-order valence-corrected chi connectivity index (χ3v) is 3.19. The average Bonchev–Trinajstić information content (AvgIpc) is 2.69. The van der Waals surface area contributed by atoms with E-state index in [1.54, 1.807) is 11.4 Å². The van der Waals surface area contributed by atoms with Crippen molar-refractivity contribution in [3.63, 3.8) is 0 Å². The maximum atomic E-state index is 11.4. The molecule has 1 atom stereocenters. The Kier molecular flexibility index (Phi) is 2.74. The van der Waals surface area contributed by atoms with Crippen molar-refractivity contribution in [2.24, 2.45) is 0 Å². The SMILES string of the molecule is Cc1csc2nc(NC(=O)C(C)Br)nn12. The van der Waals surface area contributed by atoms with E-state index in [4.69, 9.17) is 0 Å². The van der Waals surface area contributed by atoms with Crippen molar-refractivity contribution in [2.45, 2.75) is 18.7 Å². The van der Waals surface area contributed by atoms with Crippen LogP contribution in [0, 0.1) is 6.92 Å². The molecule has 1 unspecified atom stereocenters. The van der Waals surface area contributed by atoms with Gasteiger partial charge in [-0.15, -0.1) is 16.4 Å². The zero-order valence-corrected chi connectivity index (χ0v) is 10.6. The molecule has 0 aliphatic rings. The van der Waals surface area contributed by atoms with Crippen LogP contribution in [0.3, 0.4) is 0 Å². The van der Waals surface area contributed by atoms with Gasteiger partial charge in [-0.05, 0) is 13.8 Å². The van der Waals surface area contributed by atoms with Gasteiger partial charge >= 0.3 is 0 Å². The second-order valence-corrected chi connectivity index (χ2v) is 5.32. The first kappa shape index (κ1) is 10.6. The highest BCUT2D eigenvalue weighted by Gasteiger charge is 2.13. The number of halogens is 1. The lowest BCUT2D eigenvalue weighted by Crippen LogP contribution is -2.20. The van der Waals surface area contributed by atoms with Crippen LogP contribution in [0.25, 0.3) is 4.96 Å². The second-order valence-electron chi connectivity index (χ2n) is 3.11. The Morgan fingerprint density at radius 2 is 2.47 bits per heavy atom. The number of alkyl halides is 1. The van der Waals surface area contributed by atoms with Crippen molar-refractivity contribution in [1.29, 1.82) is 0 Å². The van der Waals surface area contributed by atoms with Crippen molar-refractivity contribution in [3.8, 4) is 0 Å². The van der Waals surface area contributed by atoms with E-state index in [1.807, 2.05) is 12.3 Å². The Labute approximate surface area is 98.6 Å². The molecule has 0 aromatic carbocycles. The van der Waals surface area contributed by atoms with Gasteiger partial charge in [0.2, 0.25) is 16.8 Å². The Balaban J connectivity index is 2.26. The second kappa shape index (κ2) is 3.90. The minimum Gasteiger partial charge on any atom is -0.292 e. The summed E-state index contributed by atoms with van der Waals surface area (Å²) in [5.74, 6) is 0.201. The molecule has 2 heterocycles. The van der Waals surface area contributed by atoms with Gasteiger partial charge in [0.15, 0.2) is 0 Å². The fourth-order valence-electron chi connectivity index (χ4n) is 1.05. The smallest absolute Gasteiger partial charge is 0.250 e. The van der Waals surface area contributed by atoms with Crippen molar-refractivity contribution in [2.75, 3.05) is 5.32 Å². The van der Waals surface area contributed by atoms with Crippen LogP contribution in [-0.4, -0.2) is 25.3 Å². The van der Waals surface area contributed by atoms with Crippen LogP contribution in [0.1, 0.15) is 12.6 Å². The van der Waals surface area contributed by atoms with Gasteiger partial charge in [0.05, 0.1) is 10.5 Å². The number of nitrogens with one attached hydrogen (secondary N) is 1. The van der Waals surface area contributed by atoms with Gasteiger partial charge in [0.25, 0.3) is 0 Å². The van der Waals surface area contributed by atoms with Crippen molar-refractivity contribution < 1.29 is 4.79 Å². The molecule has 5 nitrogen and oxygen atoms in total. The summed E-state index contributed by atoms with van der Waals surface area (Å²) in [6, 6.07) is 0. The van der Waals surface area contributed by atoms with Gasteiger partial charge in [0, 0.05) is 5.38 Å². The standard InChI is InChI=1S/C8H9BrN4OS/c1-4-3-15-8-11-7(12-13(4)8)10-6(14)5(2)9/h3,5H,1-2H3,(H,10,12,14). The zero-order chi connectivity index (χ0) is 11.0. The molecule has 1 amide bonds. The molecule has 0 saturated carbocycles. The van der Waals surface area contributed by atoms with Gasteiger partial charge in [0.1, 0.15) is 0 Å². The average molecular weight is 289 g/mol. The van der Waals surface area contributed by atoms with Gasteiger partial charge in [-0.3, -0.25) is 10.1 Å². The number of aryl methyl sites for hydroxylation is 1. The summed E-state index contributed by atoms with van der Waals surface area (Å²) in [5, 5.41) is 8.75. The summed E-state index contributed by atoms with van der Waals surface area (Å²) in [5.41, 5.74) is 1.01. The Morgan fingerprint density at radius 1 is 1.73 bits per heavy atom. The summed E-state index contributed by atoms with van der Waals surface area (Å²) in [4.78, 5) is 16.1. The fourth-order valence-corrected chi connectivity index (χ4v) is 1.97. The molecule has 0 spiro atoms. The number of aromatic nitrogens is 3. The van der Waals surface area contributed by atoms with Crippen LogP contribution < -0.4 is 5.32 Å². The molecular formula is C8H9BrN4OS. The van der Waals surface area contributed by atoms with E-state index in [0.29, 0.717) is 5.95 Å². The first-order valence-electron chi connectivity index (χ1n) is 4.33. The highest BCUT2D eigenvalue weighted by Crippen LogP contribution is 2.15. The molecule has 7 heteroatoms. The number of hydrogen-bond acceptors (Lipinski definition) is 4. The number of fused-ring (bicyclic) bond motifs is 1. The van der Waals surface area contributed by atoms with Crippen LogP contribution in [-0.2, 0) is 4.79 Å². The lowest BCUT2D eigenvalue weighted by molar-refractivity contribution is -0.115. The van der Waals surface area contributed by atoms with Crippen LogP contribution >= 0.6 is 27.3 Å². The van der Waals surface area contributed by atoms with Gasteiger partial charge in [-0.2, -0.15) is 4.98 Å². The van der Waals surface area contributed by atoms with Gasteiger partial charge in [-0.1, -0.05) is 15.9 Å². The van der Waals surface area contributed by atoms with Crippen LogP contribution in [0.5, 0.6) is 0 Å². The van der Waals surface area contributed by atoms with Crippen molar-refractivity contribution in [3.05, 3.63) is 11.1 Å². The molecule has 2 aromatic heterocycles. The molecule has 0 bridgehead atoms. The Bertz CT molecular complexity index is 504. The van der Waals surface area contributed by atoms with Crippen molar-refractivity contribution >= 4 is 44.1 Å². The minimum absolute atomic E-state index is 0.147. The molecule has 2 aromatic rings. The first-order valence-corrected chi connectivity index (χ1v) is 6.13. The van der Waals surface area contributed by atoms with E-state index < -0.39 is 0 Å². The number of thiazole rings is 1. The molecule has 15 heavy (non-hydrogen) atoms. The van der Waals surface area contributed by atoms with E-state index in [1.165, 1.54) is 11.3 Å². The topological polar surface area (TPSA) is 59.3 Å². The normalized spacial score (nSPS) is 13.0. The summed E-state index contributed by atoms with van der Waals surface area (Å²) < 4.78 is 1.71. The lowest BCUT2D eigenvalue weighted by atomic mass is 10.4. The summed E-state index contributed by atoms with van der Waals surface area (Å²) in [7, 11) is 0. The van der Waals surface area contributed by atoms with Crippen LogP contribution in [0.15, 0.2) is 5.38 Å². The third-order valence-electron chi connectivity index (χ3n) is 1.84. The maximum Gasteiger partial charge on any atom is 0.250 e. The largest absolute Gasteiger partial charge is 0.292 e. The number of carbonyl (C=O) groups is 1. The number of rotatable bonds is 2. The van der Waals surface area contributed by atoms with Gasteiger partial charge < -0.3 is 0 Å². The van der Waals surface area contributed by atoms with Crippen LogP contribution in [0.2, 0.25) is 0 Å². The van der Waals surface area contributed by atoms with E-state index >= 15 is 0 Å². The molecular weight excluding hydrogens is 280 g/mol. The minimum atomic E-state index is -0.250. The highest BCUT2D eigenvalue weighted by atomic mass is 79.9. The van der Waals surface area contributed by atoms with E-state index in [2.05, 4.69) is 31.3 Å². The number of carbonyl (C=O) groups excluding carboxylic acids is 1. The molecule has 0 fully saturated rings. The molecule has 80 valence electrons. The molecule has 0 aliphatic carbocycles. The molecule has 0 saturated heterocycles. The number of anilines is 1. The molecule has 0 radical (unpaired) electrons. The number of hydrogen-bond donors (Lipinski definition) is 1. The van der Waals surface area contributed by atoms with E-state index in [0.717, 1.165) is 10.7 Å².